The lowest BCUT2D eigenvalue weighted by molar-refractivity contribution is -0.119. The summed E-state index contributed by atoms with van der Waals surface area (Å²) in [4.78, 5) is 16.8. The Morgan fingerprint density at radius 3 is 2.68 bits per heavy atom. The second-order valence-electron chi connectivity index (χ2n) is 5.77. The lowest BCUT2D eigenvalue weighted by Crippen LogP contribution is -2.36. The van der Waals surface area contributed by atoms with Crippen LogP contribution in [0.25, 0.3) is 16.7 Å². The van der Waals surface area contributed by atoms with E-state index < -0.39 is 0 Å². The summed E-state index contributed by atoms with van der Waals surface area (Å²) in [5.41, 5.74) is 2.98. The van der Waals surface area contributed by atoms with E-state index in [2.05, 4.69) is 9.88 Å². The molecular formula is C19H21N3O2S. The first-order valence-electron chi connectivity index (χ1n) is 8.13. The van der Waals surface area contributed by atoms with E-state index in [0.717, 1.165) is 21.9 Å². The van der Waals surface area contributed by atoms with E-state index in [4.69, 9.17) is 9.72 Å². The smallest absolute Gasteiger partial charge is 0.230 e. The highest BCUT2D eigenvalue weighted by Gasteiger charge is 2.15. The molecule has 25 heavy (non-hydrogen) atoms. The normalized spacial score (nSPS) is 12.2. The Hall–Kier alpha value is -2.31. The second-order valence-corrected chi connectivity index (χ2v) is 6.71. The molecule has 1 aromatic heterocycles. The van der Waals surface area contributed by atoms with Crippen molar-refractivity contribution in [3.8, 4) is 5.69 Å². The first-order valence-corrected chi connectivity index (χ1v) is 9.11. The van der Waals surface area contributed by atoms with E-state index in [9.17, 15) is 4.79 Å². The minimum absolute atomic E-state index is 0.00830. The average molecular weight is 355 g/mol. The molecule has 6 heteroatoms. The molecule has 0 radical (unpaired) electrons. The monoisotopic (exact) mass is 355 g/mol. The predicted octanol–water partition coefficient (Wildman–Crippen LogP) is 3.27. The number of imidazole rings is 1. The number of thioether (sulfide) groups is 1. The molecule has 3 aromatic rings. The van der Waals surface area contributed by atoms with Crippen LogP contribution in [0, 0.1) is 0 Å². The molecule has 0 spiro atoms. The van der Waals surface area contributed by atoms with Gasteiger partial charge in [-0.05, 0) is 31.2 Å². The van der Waals surface area contributed by atoms with Gasteiger partial charge in [-0.15, -0.1) is 0 Å². The third-order valence-electron chi connectivity index (χ3n) is 3.70. The van der Waals surface area contributed by atoms with Gasteiger partial charge in [0.15, 0.2) is 5.16 Å². The minimum atomic E-state index is -0.0267. The molecule has 0 aliphatic heterocycles. The van der Waals surface area contributed by atoms with E-state index in [0.29, 0.717) is 12.4 Å². The molecule has 1 amide bonds. The van der Waals surface area contributed by atoms with Crippen molar-refractivity contribution in [3.63, 3.8) is 0 Å². The van der Waals surface area contributed by atoms with E-state index >= 15 is 0 Å². The number of carbonyl (C=O) groups is 1. The summed E-state index contributed by atoms with van der Waals surface area (Å²) >= 11 is 1.43. The van der Waals surface area contributed by atoms with Gasteiger partial charge < -0.3 is 10.1 Å². The first kappa shape index (κ1) is 17.5. The number of amides is 1. The maximum absolute atomic E-state index is 12.1. The number of para-hydroxylation sites is 3. The molecule has 130 valence electrons. The van der Waals surface area contributed by atoms with E-state index in [1.165, 1.54) is 11.8 Å². The number of benzene rings is 2. The summed E-state index contributed by atoms with van der Waals surface area (Å²) in [6.07, 6.45) is 0. The molecule has 5 nitrogen and oxygen atoms in total. The van der Waals surface area contributed by atoms with Crippen LogP contribution in [0.3, 0.4) is 0 Å². The number of rotatable bonds is 7. The van der Waals surface area contributed by atoms with Gasteiger partial charge in [-0.2, -0.15) is 0 Å². The Labute approximate surface area is 151 Å². The Kier molecular flexibility index (Phi) is 5.73. The van der Waals surface area contributed by atoms with Gasteiger partial charge in [0.2, 0.25) is 5.91 Å². The molecule has 0 aliphatic rings. The third-order valence-corrected chi connectivity index (χ3v) is 4.64. The topological polar surface area (TPSA) is 56.1 Å². The van der Waals surface area contributed by atoms with Crippen LogP contribution in [0.4, 0.5) is 0 Å². The summed E-state index contributed by atoms with van der Waals surface area (Å²) < 4.78 is 7.14. The highest BCUT2D eigenvalue weighted by Crippen LogP contribution is 2.27. The fourth-order valence-corrected chi connectivity index (χ4v) is 3.50. The van der Waals surface area contributed by atoms with Crippen molar-refractivity contribution in [1.82, 2.24) is 14.9 Å². The van der Waals surface area contributed by atoms with Gasteiger partial charge in [-0.3, -0.25) is 9.36 Å². The molecule has 0 aliphatic carbocycles. The van der Waals surface area contributed by atoms with Gasteiger partial charge in [-0.25, -0.2) is 4.98 Å². The van der Waals surface area contributed by atoms with Crippen LogP contribution in [-0.2, 0) is 9.53 Å². The van der Waals surface area contributed by atoms with Crippen molar-refractivity contribution >= 4 is 28.7 Å². The molecule has 0 saturated carbocycles. The van der Waals surface area contributed by atoms with Gasteiger partial charge in [0, 0.05) is 18.8 Å². The zero-order valence-electron chi connectivity index (χ0n) is 14.3. The van der Waals surface area contributed by atoms with Crippen LogP contribution in [0.5, 0.6) is 0 Å². The summed E-state index contributed by atoms with van der Waals surface area (Å²) in [5.74, 6) is 0.283. The quantitative estimate of drug-likeness (QED) is 0.661. The number of aromatic nitrogens is 2. The number of hydrogen-bond acceptors (Lipinski definition) is 4. The van der Waals surface area contributed by atoms with E-state index in [1.807, 2.05) is 61.5 Å². The summed E-state index contributed by atoms with van der Waals surface area (Å²) in [6.45, 7) is 2.42. The van der Waals surface area contributed by atoms with Crippen LogP contribution in [-0.4, -0.2) is 41.0 Å². The molecule has 0 fully saturated rings. The molecular weight excluding hydrogens is 334 g/mol. The Balaban J connectivity index is 1.83. The molecule has 0 unspecified atom stereocenters. The number of ether oxygens (including phenoxy) is 1. The zero-order chi connectivity index (χ0) is 17.6. The SMILES string of the molecule is COC[C@@H](C)NC(=O)CSc1nc2ccccc2n1-c1ccccc1. The summed E-state index contributed by atoms with van der Waals surface area (Å²) in [7, 11) is 1.62. The molecule has 1 heterocycles. The van der Waals surface area contributed by atoms with Gasteiger partial charge >= 0.3 is 0 Å². The van der Waals surface area contributed by atoms with Gasteiger partial charge in [-0.1, -0.05) is 42.1 Å². The average Bonchev–Trinajstić information content (AvgIpc) is 2.99. The van der Waals surface area contributed by atoms with Crippen LogP contribution in [0.1, 0.15) is 6.92 Å². The van der Waals surface area contributed by atoms with E-state index in [-0.39, 0.29) is 11.9 Å². The van der Waals surface area contributed by atoms with Crippen molar-refractivity contribution in [2.24, 2.45) is 0 Å². The molecule has 1 atom stereocenters. The Morgan fingerprint density at radius 2 is 1.92 bits per heavy atom. The van der Waals surface area contributed by atoms with Gasteiger partial charge in [0.1, 0.15) is 0 Å². The molecule has 2 aromatic carbocycles. The summed E-state index contributed by atoms with van der Waals surface area (Å²) in [5, 5.41) is 3.73. The van der Waals surface area contributed by atoms with Crippen LogP contribution in [0.2, 0.25) is 0 Å². The Bertz CT molecular complexity index is 848. The van der Waals surface area contributed by atoms with Crippen molar-refractivity contribution in [3.05, 3.63) is 54.6 Å². The van der Waals surface area contributed by atoms with Gasteiger partial charge in [0.05, 0.1) is 23.4 Å². The maximum Gasteiger partial charge on any atom is 0.230 e. The largest absolute Gasteiger partial charge is 0.383 e. The molecule has 0 saturated heterocycles. The second kappa shape index (κ2) is 8.18. The lowest BCUT2D eigenvalue weighted by atomic mass is 10.3. The lowest BCUT2D eigenvalue weighted by Gasteiger charge is -2.13. The first-order chi connectivity index (χ1) is 12.2. The molecule has 0 bridgehead atoms. The summed E-state index contributed by atoms with van der Waals surface area (Å²) in [6, 6.07) is 18.0. The van der Waals surface area contributed by atoms with Crippen molar-refractivity contribution < 1.29 is 9.53 Å². The number of hydrogen-bond donors (Lipinski definition) is 1. The van der Waals surface area contributed by atoms with E-state index in [1.54, 1.807) is 7.11 Å². The highest BCUT2D eigenvalue weighted by molar-refractivity contribution is 7.99. The minimum Gasteiger partial charge on any atom is -0.383 e. The highest BCUT2D eigenvalue weighted by atomic mass is 32.2. The molecule has 3 rings (SSSR count). The van der Waals surface area contributed by atoms with Crippen LogP contribution >= 0.6 is 11.8 Å². The number of nitrogens with one attached hydrogen (secondary N) is 1. The predicted molar refractivity (Wildman–Crippen MR) is 101 cm³/mol. The Morgan fingerprint density at radius 1 is 1.20 bits per heavy atom. The van der Waals surface area contributed by atoms with Crippen molar-refractivity contribution in [2.45, 2.75) is 18.1 Å². The third kappa shape index (κ3) is 4.21. The van der Waals surface area contributed by atoms with Crippen molar-refractivity contribution in [1.29, 1.82) is 0 Å². The zero-order valence-corrected chi connectivity index (χ0v) is 15.1. The van der Waals surface area contributed by atoms with Crippen LogP contribution in [0.15, 0.2) is 59.8 Å². The fraction of sp³-hybridized carbons (Fsp3) is 0.263. The maximum atomic E-state index is 12.1. The molecule has 1 N–H and O–H groups in total. The number of carbonyl (C=O) groups excluding carboxylic acids is 1. The number of nitrogens with zero attached hydrogens (tertiary/aromatic N) is 2. The van der Waals surface area contributed by atoms with Crippen molar-refractivity contribution in [2.75, 3.05) is 19.5 Å². The number of fused-ring (bicyclic) bond motifs is 1. The fourth-order valence-electron chi connectivity index (χ4n) is 2.67. The van der Waals surface area contributed by atoms with Gasteiger partial charge in [0.25, 0.3) is 0 Å². The van der Waals surface area contributed by atoms with Crippen LogP contribution < -0.4 is 5.32 Å². The number of methoxy groups -OCH3 is 1. The standard InChI is InChI=1S/C19H21N3O2S/c1-14(12-24-2)20-18(23)13-25-19-21-16-10-6-7-11-17(16)22(19)15-8-4-3-5-9-15/h3-11,14H,12-13H2,1-2H3,(H,20,23)/t14-/m1/s1.